The molecule has 0 unspecified atom stereocenters. The molecule has 0 atom stereocenters. The zero-order valence-electron chi connectivity index (χ0n) is 18.3. The molecule has 0 saturated carbocycles. The smallest absolute Gasteiger partial charge is 0.402 e. The monoisotopic (exact) mass is 424 g/mol. The topological polar surface area (TPSA) is 27.1 Å². The van der Waals surface area contributed by atoms with Crippen LogP contribution in [0.25, 0.3) is 5.69 Å². The third kappa shape index (κ3) is 7.02. The summed E-state index contributed by atoms with van der Waals surface area (Å²) in [7, 11) is 0. The van der Waals surface area contributed by atoms with Gasteiger partial charge in [-0.3, -0.25) is 0 Å². The van der Waals surface area contributed by atoms with E-state index in [-0.39, 0.29) is 12.2 Å². The van der Waals surface area contributed by atoms with Gasteiger partial charge in [0.1, 0.15) is 5.75 Å². The Bertz CT molecular complexity index is 768. The fourth-order valence-corrected chi connectivity index (χ4v) is 4.07. The van der Waals surface area contributed by atoms with Crippen molar-refractivity contribution in [1.29, 1.82) is 0 Å². The third-order valence-electron chi connectivity index (χ3n) is 4.64. The van der Waals surface area contributed by atoms with Gasteiger partial charge in [-0.2, -0.15) is 25.6 Å². The van der Waals surface area contributed by atoms with E-state index < -0.39 is 6.11 Å². The van der Waals surface area contributed by atoms with Gasteiger partial charge in [-0.05, 0) is 49.3 Å². The predicted molar refractivity (Wildman–Crippen MR) is 119 cm³/mol. The molecule has 162 valence electrons. The van der Waals surface area contributed by atoms with Crippen LogP contribution in [-0.2, 0) is 6.42 Å². The average molecular weight is 425 g/mol. The summed E-state index contributed by atoms with van der Waals surface area (Å²) in [6.07, 6.45) is 2.06. The third-order valence-corrected chi connectivity index (χ3v) is 5.92. The molecule has 1 aromatic heterocycles. The van der Waals surface area contributed by atoms with Gasteiger partial charge in [0.25, 0.3) is 0 Å². The van der Waals surface area contributed by atoms with E-state index in [9.17, 15) is 8.78 Å². The van der Waals surface area contributed by atoms with Gasteiger partial charge in [0.05, 0.1) is 17.8 Å². The summed E-state index contributed by atoms with van der Waals surface area (Å²) in [5, 5.41) is 4.44. The van der Waals surface area contributed by atoms with Crippen molar-refractivity contribution in [2.75, 3.05) is 11.5 Å². The Morgan fingerprint density at radius 2 is 1.90 bits per heavy atom. The zero-order chi connectivity index (χ0) is 21.4. The number of unbranched alkanes of at least 4 members (excludes halogenated alkanes) is 2. The number of fused-ring (bicyclic) bond motifs is 1. The van der Waals surface area contributed by atoms with Gasteiger partial charge in [0, 0.05) is 17.3 Å². The molecule has 6 heteroatoms. The molecule has 0 aliphatic carbocycles. The molecule has 1 aliphatic heterocycles. The first-order chi connectivity index (χ1) is 13.8. The summed E-state index contributed by atoms with van der Waals surface area (Å²) in [6, 6.07) is 7.14. The van der Waals surface area contributed by atoms with Gasteiger partial charge in [-0.1, -0.05) is 46.6 Å². The van der Waals surface area contributed by atoms with Crippen LogP contribution in [0.3, 0.4) is 0 Å². The van der Waals surface area contributed by atoms with E-state index >= 15 is 0 Å². The number of aryl methyl sites for hydroxylation is 1. The van der Waals surface area contributed by atoms with Gasteiger partial charge in [-0.25, -0.2) is 4.68 Å². The maximum absolute atomic E-state index is 13.2. The summed E-state index contributed by atoms with van der Waals surface area (Å²) in [5.41, 5.74) is 3.24. The number of ether oxygens (including phenoxy) is 1. The number of halogens is 2. The number of aromatic nitrogens is 2. The van der Waals surface area contributed by atoms with E-state index in [0.29, 0.717) is 11.5 Å². The molecule has 0 amide bonds. The molecule has 29 heavy (non-hydrogen) atoms. The van der Waals surface area contributed by atoms with Gasteiger partial charge < -0.3 is 4.74 Å². The molecule has 1 aliphatic rings. The van der Waals surface area contributed by atoms with Crippen molar-refractivity contribution < 1.29 is 13.5 Å². The van der Waals surface area contributed by atoms with Crippen molar-refractivity contribution in [2.45, 2.75) is 78.7 Å². The fraction of sp³-hybridized carbons (Fsp3) is 0.609. The molecule has 0 saturated heterocycles. The number of hydrogen-bond donors (Lipinski definition) is 0. The first-order valence-electron chi connectivity index (χ1n) is 10.6. The minimum Gasteiger partial charge on any atom is -0.432 e. The number of thioether (sulfide) groups is 1. The highest BCUT2D eigenvalue weighted by molar-refractivity contribution is 7.99. The molecule has 0 radical (unpaired) electrons. The first kappa shape index (κ1) is 23.7. The number of benzene rings is 1. The van der Waals surface area contributed by atoms with E-state index in [2.05, 4.69) is 49.3 Å². The molecule has 0 N–H and O–H groups in total. The Labute approximate surface area is 178 Å². The van der Waals surface area contributed by atoms with E-state index in [1.807, 2.05) is 19.1 Å². The molecule has 0 spiro atoms. The molecular weight excluding hydrogens is 390 g/mol. The Morgan fingerprint density at radius 3 is 2.55 bits per heavy atom. The second-order valence-electron chi connectivity index (χ2n) is 7.80. The SMILES string of the molecule is CCCCCSCCC.Cc1cc(C(C)C)n(-c2ccc3c(c2)OC(F)(F)C3)n1. The average Bonchev–Trinajstić information content (AvgIpc) is 3.19. The number of alkyl halides is 2. The van der Waals surface area contributed by atoms with Crippen LogP contribution < -0.4 is 4.74 Å². The first-order valence-corrected chi connectivity index (χ1v) is 11.8. The van der Waals surface area contributed by atoms with Gasteiger partial charge in [0.2, 0.25) is 0 Å². The minimum absolute atomic E-state index is 0.246. The highest BCUT2D eigenvalue weighted by Gasteiger charge is 2.39. The summed E-state index contributed by atoms with van der Waals surface area (Å²) < 4.78 is 33.0. The second-order valence-corrected chi connectivity index (χ2v) is 9.03. The Morgan fingerprint density at radius 1 is 1.14 bits per heavy atom. The lowest BCUT2D eigenvalue weighted by atomic mass is 10.1. The standard InChI is InChI=1S/C15H16F2N2O.C8H18S/c1-9(2)13-6-10(3)18-19(13)12-5-4-11-8-15(16,17)20-14(11)7-12;1-3-5-6-8-9-7-4-2/h4-7,9H,8H2,1-3H3;3-8H2,1-2H3. The predicted octanol–water partition coefficient (Wildman–Crippen LogP) is 7.15. The molecule has 2 aromatic rings. The Kier molecular flexibility index (Phi) is 9.00. The molecule has 3 rings (SSSR count). The van der Waals surface area contributed by atoms with Gasteiger partial charge in [-0.15, -0.1) is 0 Å². The van der Waals surface area contributed by atoms with Crippen molar-refractivity contribution in [2.24, 2.45) is 0 Å². The van der Waals surface area contributed by atoms with Crippen molar-refractivity contribution >= 4 is 11.8 Å². The van der Waals surface area contributed by atoms with Crippen LogP contribution >= 0.6 is 11.8 Å². The molecule has 0 bridgehead atoms. The number of rotatable bonds is 8. The largest absolute Gasteiger partial charge is 0.432 e. The van der Waals surface area contributed by atoms with Gasteiger partial charge >= 0.3 is 6.11 Å². The van der Waals surface area contributed by atoms with Crippen LogP contribution in [0.4, 0.5) is 8.78 Å². The molecule has 0 fully saturated rings. The van der Waals surface area contributed by atoms with Crippen LogP contribution in [0.1, 0.15) is 76.2 Å². The highest BCUT2D eigenvalue weighted by atomic mass is 32.2. The van der Waals surface area contributed by atoms with Crippen LogP contribution in [-0.4, -0.2) is 27.4 Å². The minimum atomic E-state index is -3.10. The van der Waals surface area contributed by atoms with E-state index in [1.54, 1.807) is 16.8 Å². The summed E-state index contributed by atoms with van der Waals surface area (Å²) in [6.45, 7) is 10.6. The quantitative estimate of drug-likeness (QED) is 0.421. The van der Waals surface area contributed by atoms with Crippen molar-refractivity contribution in [3.8, 4) is 11.4 Å². The lowest BCUT2D eigenvalue weighted by Gasteiger charge is -2.11. The van der Waals surface area contributed by atoms with Crippen molar-refractivity contribution in [3.63, 3.8) is 0 Å². The van der Waals surface area contributed by atoms with Crippen LogP contribution in [0.15, 0.2) is 24.3 Å². The maximum Gasteiger partial charge on any atom is 0.402 e. The van der Waals surface area contributed by atoms with Crippen LogP contribution in [0.5, 0.6) is 5.75 Å². The summed E-state index contributed by atoms with van der Waals surface area (Å²) in [5.74, 6) is 3.27. The Hall–Kier alpha value is -1.56. The number of nitrogens with zero attached hydrogens (tertiary/aromatic N) is 2. The van der Waals surface area contributed by atoms with E-state index in [4.69, 9.17) is 0 Å². The van der Waals surface area contributed by atoms with Crippen molar-refractivity contribution in [3.05, 3.63) is 41.2 Å². The van der Waals surface area contributed by atoms with E-state index in [1.165, 1.54) is 37.2 Å². The second kappa shape index (κ2) is 11.0. The molecular formula is C23H34F2N2OS. The molecule has 3 nitrogen and oxygen atoms in total. The zero-order valence-corrected chi connectivity index (χ0v) is 19.1. The highest BCUT2D eigenvalue weighted by Crippen LogP contribution is 2.38. The summed E-state index contributed by atoms with van der Waals surface area (Å²) >= 11 is 2.09. The molecule has 1 aromatic carbocycles. The normalized spacial score (nSPS) is 14.3. The van der Waals surface area contributed by atoms with E-state index in [0.717, 1.165) is 17.1 Å². The number of hydrogen-bond acceptors (Lipinski definition) is 3. The lowest BCUT2D eigenvalue weighted by Crippen LogP contribution is -2.20. The summed E-state index contributed by atoms with van der Waals surface area (Å²) in [4.78, 5) is 0. The van der Waals surface area contributed by atoms with Crippen molar-refractivity contribution in [1.82, 2.24) is 9.78 Å². The molecule has 2 heterocycles. The lowest BCUT2D eigenvalue weighted by molar-refractivity contribution is -0.159. The maximum atomic E-state index is 13.2. The van der Waals surface area contributed by atoms with Crippen LogP contribution in [0, 0.1) is 6.92 Å². The fourth-order valence-electron chi connectivity index (χ4n) is 3.17. The van der Waals surface area contributed by atoms with Gasteiger partial charge in [0.15, 0.2) is 0 Å². The van der Waals surface area contributed by atoms with Crippen LogP contribution in [0.2, 0.25) is 0 Å². The Balaban J connectivity index is 0.000000284.